The highest BCUT2D eigenvalue weighted by Gasteiger charge is 2.59. The summed E-state index contributed by atoms with van der Waals surface area (Å²) >= 11 is 0. The minimum absolute atomic E-state index is 0.00138. The molecule has 1 amide bonds. The molecular formula is C21H33N5O3S. The molecule has 0 aromatic rings. The Hall–Kier alpha value is -1.21. The molecule has 0 aromatic carbocycles. The SMILES string of the molecule is N#CC1CCCN1C(=O)CNC12CC3CC(C1)CC(NS(=O)(=O)N1CCCC1)(C3)C2. The Balaban J connectivity index is 1.29. The van der Waals surface area contributed by atoms with E-state index >= 15 is 0 Å². The van der Waals surface area contributed by atoms with Gasteiger partial charge in [-0.25, -0.2) is 0 Å². The van der Waals surface area contributed by atoms with E-state index in [0.29, 0.717) is 31.5 Å². The number of carbonyl (C=O) groups excluding carboxylic acids is 1. The van der Waals surface area contributed by atoms with E-state index in [-0.39, 0.29) is 29.6 Å². The van der Waals surface area contributed by atoms with Crippen molar-refractivity contribution in [3.05, 3.63) is 0 Å². The van der Waals surface area contributed by atoms with Gasteiger partial charge in [-0.15, -0.1) is 0 Å². The molecule has 4 aliphatic carbocycles. The predicted molar refractivity (Wildman–Crippen MR) is 111 cm³/mol. The predicted octanol–water partition coefficient (Wildman–Crippen LogP) is 1.11. The molecule has 2 aliphatic heterocycles. The fourth-order valence-corrected chi connectivity index (χ4v) is 9.07. The van der Waals surface area contributed by atoms with Crippen LogP contribution in [0.3, 0.4) is 0 Å². The van der Waals surface area contributed by atoms with Gasteiger partial charge in [-0.1, -0.05) is 0 Å². The van der Waals surface area contributed by atoms with E-state index in [2.05, 4.69) is 16.1 Å². The molecule has 0 radical (unpaired) electrons. The molecule has 6 aliphatic rings. The maximum atomic E-state index is 13.0. The molecule has 6 fully saturated rings. The van der Waals surface area contributed by atoms with E-state index in [1.54, 1.807) is 9.21 Å². The molecular weight excluding hydrogens is 402 g/mol. The largest absolute Gasteiger partial charge is 0.326 e. The van der Waals surface area contributed by atoms with Crippen LogP contribution in [0.4, 0.5) is 0 Å². The van der Waals surface area contributed by atoms with Crippen LogP contribution in [0.2, 0.25) is 0 Å². The summed E-state index contributed by atoms with van der Waals surface area (Å²) in [5.74, 6) is 1.02. The number of carbonyl (C=O) groups is 1. The summed E-state index contributed by atoms with van der Waals surface area (Å²) in [4.78, 5) is 14.5. The third-order valence-electron chi connectivity index (χ3n) is 8.15. The highest BCUT2D eigenvalue weighted by atomic mass is 32.2. The fourth-order valence-electron chi connectivity index (χ4n) is 7.42. The average molecular weight is 436 g/mol. The summed E-state index contributed by atoms with van der Waals surface area (Å²) in [6.45, 7) is 2.14. The topological polar surface area (TPSA) is 106 Å². The standard InChI is InChI=1S/C21H33N5O3S/c22-13-18-4-3-7-26(18)19(27)14-23-20-9-16-8-17(10-20)12-21(11-16,15-20)24-30(28,29)25-5-1-2-6-25/h16-18,23-24H,1-12,14-15H2. The van der Waals surface area contributed by atoms with Crippen LogP contribution < -0.4 is 10.0 Å². The Labute approximate surface area is 179 Å². The Morgan fingerprint density at radius 1 is 1.03 bits per heavy atom. The second-order valence-corrected chi connectivity index (χ2v) is 12.1. The summed E-state index contributed by atoms with van der Waals surface area (Å²) in [7, 11) is -3.46. The van der Waals surface area contributed by atoms with Crippen molar-refractivity contribution in [2.24, 2.45) is 11.8 Å². The van der Waals surface area contributed by atoms with Crippen LogP contribution >= 0.6 is 0 Å². The first kappa shape index (κ1) is 20.7. The third kappa shape index (κ3) is 3.66. The van der Waals surface area contributed by atoms with Crippen molar-refractivity contribution in [1.82, 2.24) is 19.2 Å². The molecule has 4 bridgehead atoms. The quantitative estimate of drug-likeness (QED) is 0.650. The van der Waals surface area contributed by atoms with Crippen molar-refractivity contribution in [3.8, 4) is 6.07 Å². The maximum absolute atomic E-state index is 13.0. The second kappa shape index (κ2) is 7.44. The monoisotopic (exact) mass is 435 g/mol. The van der Waals surface area contributed by atoms with Gasteiger partial charge in [-0.3, -0.25) is 4.79 Å². The zero-order valence-corrected chi connectivity index (χ0v) is 18.4. The first-order valence-corrected chi connectivity index (χ1v) is 13.0. The van der Waals surface area contributed by atoms with Gasteiger partial charge in [0, 0.05) is 30.7 Å². The normalized spacial score (nSPS) is 40.8. The summed E-state index contributed by atoms with van der Waals surface area (Å²) in [6.07, 6.45) is 9.33. The minimum atomic E-state index is -3.46. The van der Waals surface area contributed by atoms with Crippen LogP contribution in [-0.4, -0.2) is 66.8 Å². The summed E-state index contributed by atoms with van der Waals surface area (Å²) in [5.41, 5.74) is -0.556. The average Bonchev–Trinajstić information content (AvgIpc) is 3.36. The van der Waals surface area contributed by atoms with Gasteiger partial charge in [0.05, 0.1) is 12.6 Å². The number of likely N-dealkylation sites (tertiary alicyclic amines) is 1. The molecule has 3 unspecified atom stereocenters. The smallest absolute Gasteiger partial charge is 0.279 e. The van der Waals surface area contributed by atoms with Gasteiger partial charge in [0.2, 0.25) is 5.91 Å². The van der Waals surface area contributed by atoms with Gasteiger partial charge in [-0.05, 0) is 76.0 Å². The van der Waals surface area contributed by atoms with E-state index in [1.165, 1.54) is 6.42 Å². The Morgan fingerprint density at radius 3 is 2.37 bits per heavy atom. The lowest BCUT2D eigenvalue weighted by Gasteiger charge is -2.62. The van der Waals surface area contributed by atoms with Gasteiger partial charge in [-0.2, -0.15) is 22.7 Å². The molecule has 166 valence electrons. The molecule has 2 N–H and O–H groups in total. The van der Waals surface area contributed by atoms with E-state index in [1.807, 2.05) is 0 Å². The summed E-state index contributed by atoms with van der Waals surface area (Å²) in [6, 6.07) is 1.95. The van der Waals surface area contributed by atoms with Gasteiger partial charge in [0.1, 0.15) is 6.04 Å². The number of hydrogen-bond acceptors (Lipinski definition) is 5. The lowest BCUT2D eigenvalue weighted by molar-refractivity contribution is -0.131. The number of nitrogens with zero attached hydrogens (tertiary/aromatic N) is 3. The highest BCUT2D eigenvalue weighted by Crippen LogP contribution is 2.57. The van der Waals surface area contributed by atoms with Gasteiger partial charge < -0.3 is 10.2 Å². The maximum Gasteiger partial charge on any atom is 0.279 e. The van der Waals surface area contributed by atoms with Crippen molar-refractivity contribution in [2.45, 2.75) is 81.3 Å². The fraction of sp³-hybridized carbons (Fsp3) is 0.905. The number of nitrogens with one attached hydrogen (secondary N) is 2. The number of rotatable bonds is 6. The highest BCUT2D eigenvalue weighted by molar-refractivity contribution is 7.87. The third-order valence-corrected chi connectivity index (χ3v) is 9.88. The molecule has 6 rings (SSSR count). The molecule has 0 spiro atoms. The van der Waals surface area contributed by atoms with Crippen LogP contribution in [0.25, 0.3) is 0 Å². The van der Waals surface area contributed by atoms with Crippen LogP contribution in [0, 0.1) is 23.2 Å². The lowest BCUT2D eigenvalue weighted by Crippen LogP contribution is -2.70. The van der Waals surface area contributed by atoms with Crippen molar-refractivity contribution >= 4 is 16.1 Å². The van der Waals surface area contributed by atoms with Crippen molar-refractivity contribution in [3.63, 3.8) is 0 Å². The molecule has 30 heavy (non-hydrogen) atoms. The van der Waals surface area contributed by atoms with Crippen LogP contribution in [0.1, 0.15) is 64.2 Å². The zero-order chi connectivity index (χ0) is 21.0. The lowest BCUT2D eigenvalue weighted by atomic mass is 9.50. The van der Waals surface area contributed by atoms with Crippen LogP contribution in [0.15, 0.2) is 0 Å². The Kier molecular flexibility index (Phi) is 5.13. The molecule has 0 aromatic heterocycles. The van der Waals surface area contributed by atoms with Crippen molar-refractivity contribution in [1.29, 1.82) is 5.26 Å². The Bertz CT molecular complexity index is 833. The van der Waals surface area contributed by atoms with Gasteiger partial charge in [0.25, 0.3) is 10.2 Å². The van der Waals surface area contributed by atoms with E-state index in [4.69, 9.17) is 0 Å². The first-order chi connectivity index (χ1) is 14.3. The van der Waals surface area contributed by atoms with Gasteiger partial charge >= 0.3 is 0 Å². The zero-order valence-electron chi connectivity index (χ0n) is 17.6. The molecule has 3 atom stereocenters. The number of amides is 1. The van der Waals surface area contributed by atoms with Crippen molar-refractivity contribution < 1.29 is 13.2 Å². The van der Waals surface area contributed by atoms with E-state index in [9.17, 15) is 18.5 Å². The molecule has 8 nitrogen and oxygen atoms in total. The van der Waals surface area contributed by atoms with Crippen LogP contribution in [-0.2, 0) is 15.0 Å². The second-order valence-electron chi connectivity index (χ2n) is 10.5. The molecule has 4 saturated carbocycles. The molecule has 2 saturated heterocycles. The van der Waals surface area contributed by atoms with E-state index < -0.39 is 10.2 Å². The minimum Gasteiger partial charge on any atom is -0.326 e. The van der Waals surface area contributed by atoms with Gasteiger partial charge in [0.15, 0.2) is 0 Å². The van der Waals surface area contributed by atoms with Crippen molar-refractivity contribution in [2.75, 3.05) is 26.2 Å². The molecule has 9 heteroatoms. The molecule has 2 heterocycles. The van der Waals surface area contributed by atoms with Crippen LogP contribution in [0.5, 0.6) is 0 Å². The number of hydrogen-bond donors (Lipinski definition) is 2. The first-order valence-electron chi connectivity index (χ1n) is 11.6. The number of nitriles is 1. The summed E-state index contributed by atoms with van der Waals surface area (Å²) < 4.78 is 30.8. The van der Waals surface area contributed by atoms with E-state index in [0.717, 1.165) is 57.8 Å². The summed E-state index contributed by atoms with van der Waals surface area (Å²) in [5, 5.41) is 12.9. The Morgan fingerprint density at radius 2 is 1.70 bits per heavy atom.